The van der Waals surface area contributed by atoms with E-state index in [0.29, 0.717) is 11.4 Å². The molecular weight excluding hydrogens is 634 g/mol. The van der Waals surface area contributed by atoms with Crippen LogP contribution in [0.2, 0.25) is 0 Å². The Balaban J connectivity index is 1.18. The van der Waals surface area contributed by atoms with E-state index in [-0.39, 0.29) is 29.4 Å². The molecule has 3 aromatic rings. The number of aliphatic hydroxyl groups is 2. The van der Waals surface area contributed by atoms with Crippen LogP contribution in [0.1, 0.15) is 12.6 Å². The number of ether oxygens (including phenoxy) is 2. The van der Waals surface area contributed by atoms with Crippen molar-refractivity contribution >= 4 is 50.4 Å². The second kappa shape index (κ2) is 11.9. The van der Waals surface area contributed by atoms with Crippen LogP contribution in [0.25, 0.3) is 11.2 Å². The third-order valence-corrected chi connectivity index (χ3v) is 8.52. The zero-order chi connectivity index (χ0) is 31.3. The second-order valence-electron chi connectivity index (χ2n) is 9.79. The maximum atomic E-state index is 13.1. The third kappa shape index (κ3) is 5.74. The first kappa shape index (κ1) is 30.6. The first-order chi connectivity index (χ1) is 21.0. The van der Waals surface area contributed by atoms with Crippen LogP contribution >= 0.6 is 16.1 Å². The zero-order valence-corrected chi connectivity index (χ0v) is 24.0. The van der Waals surface area contributed by atoms with Crippen molar-refractivity contribution in [3.8, 4) is 0 Å². The number of aromatic amines is 1. The number of nitrogens with one attached hydrogen (secondary N) is 3. The summed E-state index contributed by atoms with van der Waals surface area (Å²) in [4.78, 5) is 46.5. The number of H-pyrrole nitrogens is 1. The van der Waals surface area contributed by atoms with E-state index in [4.69, 9.17) is 34.5 Å². The molecule has 6 rings (SSSR count). The molecule has 44 heavy (non-hydrogen) atoms. The van der Waals surface area contributed by atoms with E-state index in [2.05, 4.69) is 30.9 Å². The Hall–Kier alpha value is -3.37. The van der Waals surface area contributed by atoms with Gasteiger partial charge in [0.1, 0.15) is 48.3 Å². The van der Waals surface area contributed by atoms with Crippen LogP contribution < -0.4 is 33.0 Å². The Morgan fingerprint density at radius 3 is 2.80 bits per heavy atom. The standard InChI is InChI=1S/C20H26N10O12P2/c21-16-12-7(1-2-23-16)30(28-27-12)11-3-8(41-43(34)35)10(39-11)5-38-44(36,37)42-15-14(32)9(4-31)40-19(15)29-6-24-13-17(29)25-20(22)26-18(13)33/h1-2,6,8-11,14-15,19,27-28,31-32H,3-5H2,(H6-,21,22,23,25,26,33,34,35,36,37)/p+1/t8?,9-,10-,11-,14-,15-,19-/m1/s1. The van der Waals surface area contributed by atoms with E-state index in [9.17, 15) is 33.9 Å². The highest BCUT2D eigenvalue weighted by Crippen LogP contribution is 2.50. The van der Waals surface area contributed by atoms with E-state index >= 15 is 0 Å². The van der Waals surface area contributed by atoms with E-state index in [1.54, 1.807) is 6.07 Å². The summed E-state index contributed by atoms with van der Waals surface area (Å²) in [6.07, 6.45) is -6.42. The lowest BCUT2D eigenvalue weighted by Crippen LogP contribution is -2.44. The Labute approximate surface area is 246 Å². The molecule has 3 aromatic heterocycles. The SMILES string of the molecule is Nc1nc2c(ncn2[C@@H]2O[C@H](CO)[C@@H](O)[C@H]2OP(=O)(O)OC[C@H]2O[C@@H](N3NNc4c3ccnc4N)CC2O[P+](=O)O)c(=O)[nH]1. The normalized spacial score (nSPS) is 30.0. The summed E-state index contributed by atoms with van der Waals surface area (Å²) in [6.45, 7) is -1.36. The minimum atomic E-state index is -5.06. The molecule has 0 aliphatic carbocycles. The largest absolute Gasteiger partial charge is 0.695 e. The molecule has 238 valence electrons. The number of fused-ring (bicyclic) bond motifs is 2. The number of aromatic nitrogens is 5. The molecule has 2 fully saturated rings. The smallest absolute Gasteiger partial charge is 0.394 e. The molecule has 0 radical (unpaired) electrons. The van der Waals surface area contributed by atoms with Crippen molar-refractivity contribution in [1.82, 2.24) is 30.0 Å². The van der Waals surface area contributed by atoms with Gasteiger partial charge in [-0.2, -0.15) is 4.98 Å². The number of rotatable bonds is 10. The second-order valence-corrected chi connectivity index (χ2v) is 11.9. The van der Waals surface area contributed by atoms with Gasteiger partial charge in [0.15, 0.2) is 17.4 Å². The molecular formula is C20H27N10O12P2+. The monoisotopic (exact) mass is 661 g/mol. The number of imidazole rings is 1. The number of nitrogens with two attached hydrogens (primary N) is 2. The molecule has 0 bridgehead atoms. The number of hydrogen-bond acceptors (Lipinski definition) is 18. The van der Waals surface area contributed by atoms with Gasteiger partial charge in [0.25, 0.3) is 5.56 Å². The third-order valence-electron chi connectivity index (χ3n) is 7.09. The molecule has 3 unspecified atom stereocenters. The lowest BCUT2D eigenvalue weighted by molar-refractivity contribution is -0.0545. The van der Waals surface area contributed by atoms with Gasteiger partial charge < -0.3 is 36.0 Å². The Kier molecular flexibility index (Phi) is 8.26. The van der Waals surface area contributed by atoms with Crippen LogP contribution in [0.15, 0.2) is 23.4 Å². The lowest BCUT2D eigenvalue weighted by Gasteiger charge is -2.26. The summed E-state index contributed by atoms with van der Waals surface area (Å²) < 4.78 is 52.9. The summed E-state index contributed by atoms with van der Waals surface area (Å²) in [5.41, 5.74) is 17.3. The number of nitrogens with zero attached hydrogens (tertiary/aromatic N) is 5. The van der Waals surface area contributed by atoms with Crippen molar-refractivity contribution in [2.45, 2.75) is 49.4 Å². The van der Waals surface area contributed by atoms with Crippen molar-refractivity contribution in [3.05, 3.63) is 28.9 Å². The molecule has 0 saturated carbocycles. The Bertz CT molecular complexity index is 1680. The van der Waals surface area contributed by atoms with Crippen LogP contribution in [-0.4, -0.2) is 94.5 Å². The molecule has 22 nitrogen and oxygen atoms in total. The molecule has 11 N–H and O–H groups in total. The van der Waals surface area contributed by atoms with Crippen molar-refractivity contribution in [1.29, 1.82) is 0 Å². The average Bonchev–Trinajstić information content (AvgIpc) is 3.73. The zero-order valence-electron chi connectivity index (χ0n) is 22.2. The van der Waals surface area contributed by atoms with Crippen LogP contribution in [-0.2, 0) is 32.2 Å². The molecule has 3 aliphatic rings. The van der Waals surface area contributed by atoms with Crippen LogP contribution in [0, 0.1) is 0 Å². The summed E-state index contributed by atoms with van der Waals surface area (Å²) >= 11 is 0. The van der Waals surface area contributed by atoms with E-state index in [1.165, 1.54) is 11.2 Å². The number of aliphatic hydroxyl groups excluding tert-OH is 2. The number of phosphoric ester groups is 1. The molecule has 9 atom stereocenters. The average molecular weight is 661 g/mol. The number of anilines is 4. The summed E-state index contributed by atoms with van der Waals surface area (Å²) in [5, 5.41) is 22.0. The molecule has 2 saturated heterocycles. The Morgan fingerprint density at radius 1 is 1.25 bits per heavy atom. The molecule has 0 aromatic carbocycles. The van der Waals surface area contributed by atoms with E-state index in [1.807, 2.05) is 0 Å². The topological polar surface area (TPSA) is 317 Å². The predicted octanol–water partition coefficient (Wildman–Crippen LogP) is -2.07. The number of hydrazine groups is 2. The Morgan fingerprint density at radius 2 is 2.05 bits per heavy atom. The van der Waals surface area contributed by atoms with Gasteiger partial charge in [-0.05, 0) is 6.07 Å². The van der Waals surface area contributed by atoms with Crippen molar-refractivity contribution in [2.75, 3.05) is 35.1 Å². The fourth-order valence-corrected chi connectivity index (χ4v) is 6.51. The number of phosphoric acid groups is 1. The number of pyridine rings is 1. The minimum Gasteiger partial charge on any atom is -0.394 e. The first-order valence-electron chi connectivity index (χ1n) is 12.8. The van der Waals surface area contributed by atoms with Crippen molar-refractivity contribution in [2.24, 2.45) is 0 Å². The highest BCUT2D eigenvalue weighted by molar-refractivity contribution is 7.47. The highest BCUT2D eigenvalue weighted by Gasteiger charge is 2.51. The maximum Gasteiger partial charge on any atom is 0.695 e. The maximum absolute atomic E-state index is 13.1. The van der Waals surface area contributed by atoms with Gasteiger partial charge in [0.2, 0.25) is 5.95 Å². The van der Waals surface area contributed by atoms with Gasteiger partial charge in [-0.25, -0.2) is 14.5 Å². The molecule has 6 heterocycles. The van der Waals surface area contributed by atoms with Gasteiger partial charge in [-0.15, -0.1) is 15.0 Å². The van der Waals surface area contributed by atoms with Gasteiger partial charge in [-0.1, -0.05) is 0 Å². The fraction of sp³-hybridized carbons (Fsp3) is 0.500. The van der Waals surface area contributed by atoms with Gasteiger partial charge in [0.05, 0.1) is 25.2 Å². The predicted molar refractivity (Wildman–Crippen MR) is 146 cm³/mol. The van der Waals surface area contributed by atoms with Crippen LogP contribution in [0.4, 0.5) is 23.1 Å². The van der Waals surface area contributed by atoms with Crippen molar-refractivity contribution < 1.29 is 52.2 Å². The summed E-state index contributed by atoms with van der Waals surface area (Å²) in [6, 6.07) is 1.64. The molecule has 0 amide bonds. The summed E-state index contributed by atoms with van der Waals surface area (Å²) in [5.74, 6) is -0.0514. The number of nitrogen functional groups attached to an aromatic ring is 2. The minimum absolute atomic E-state index is 0.0149. The van der Waals surface area contributed by atoms with Gasteiger partial charge in [0, 0.05) is 17.2 Å². The first-order valence-corrected chi connectivity index (χ1v) is 15.4. The lowest BCUT2D eigenvalue weighted by atomic mass is 10.1. The van der Waals surface area contributed by atoms with E-state index < -0.39 is 77.8 Å². The highest BCUT2D eigenvalue weighted by atomic mass is 31.2. The quantitative estimate of drug-likeness (QED) is 0.105. The van der Waals surface area contributed by atoms with Crippen LogP contribution in [0.5, 0.6) is 0 Å². The van der Waals surface area contributed by atoms with Gasteiger partial charge in [-0.3, -0.25) is 33.8 Å². The van der Waals surface area contributed by atoms with Crippen molar-refractivity contribution in [3.63, 3.8) is 0 Å². The molecule has 24 heteroatoms. The van der Waals surface area contributed by atoms with Crippen LogP contribution in [0.3, 0.4) is 0 Å². The summed E-state index contributed by atoms with van der Waals surface area (Å²) in [7, 11) is -8.15. The van der Waals surface area contributed by atoms with E-state index in [0.717, 1.165) is 10.9 Å². The fourth-order valence-electron chi connectivity index (χ4n) is 5.12. The molecule has 0 spiro atoms. The molecule has 3 aliphatic heterocycles. The number of hydrogen-bond donors (Lipinski definition) is 9. The van der Waals surface area contributed by atoms with Gasteiger partial charge >= 0.3 is 16.1 Å².